The lowest BCUT2D eigenvalue weighted by molar-refractivity contribution is 0.0103. The second-order valence-corrected chi connectivity index (χ2v) is 6.46. The normalized spacial score (nSPS) is 14.2. The summed E-state index contributed by atoms with van der Waals surface area (Å²) in [5.41, 5.74) is 5.83. The maximum atomic E-state index is 13.8. The number of amides is 1. The Bertz CT molecular complexity index is 558. The Morgan fingerprint density at radius 1 is 1.39 bits per heavy atom. The molecule has 2 atom stereocenters. The third kappa shape index (κ3) is 6.03. The average molecular weight is 328 g/mol. The fourth-order valence-corrected chi connectivity index (χ4v) is 1.95. The quantitative estimate of drug-likeness (QED) is 0.619. The zero-order valence-electron chi connectivity index (χ0n) is 13.9. The molecule has 0 aliphatic heterocycles. The van der Waals surface area contributed by atoms with Gasteiger partial charge in [-0.25, -0.2) is 9.18 Å². The van der Waals surface area contributed by atoms with Crippen LogP contribution in [0.1, 0.15) is 44.4 Å². The zero-order valence-corrected chi connectivity index (χ0v) is 13.9. The largest absolute Gasteiger partial charge is 0.444 e. The van der Waals surface area contributed by atoms with E-state index in [2.05, 4.69) is 5.32 Å². The summed E-state index contributed by atoms with van der Waals surface area (Å²) >= 11 is 0. The molecule has 0 heterocycles. The number of benzene rings is 1. The Kier molecular flexibility index (Phi) is 6.35. The molecule has 1 aromatic rings. The van der Waals surface area contributed by atoms with Gasteiger partial charge in [-0.2, -0.15) is 0 Å². The molecule has 0 spiro atoms. The molecule has 0 fully saturated rings. The fourth-order valence-electron chi connectivity index (χ4n) is 1.95. The van der Waals surface area contributed by atoms with E-state index in [4.69, 9.17) is 10.5 Å². The first-order valence-corrected chi connectivity index (χ1v) is 7.39. The molecule has 1 rings (SSSR count). The number of hydrogen-bond acceptors (Lipinski definition) is 5. The van der Waals surface area contributed by atoms with Crippen molar-refractivity contribution in [3.8, 4) is 0 Å². The number of aryl methyl sites for hydroxylation is 1. The summed E-state index contributed by atoms with van der Waals surface area (Å²) in [6.07, 6.45) is -3.21. The van der Waals surface area contributed by atoms with Gasteiger partial charge < -0.3 is 26.0 Å². The molecule has 6 nitrogen and oxygen atoms in total. The SMILES string of the molecule is Cc1cc(C(O)C(O)CCNC(=O)OC(C)(C)C)c(F)cc1N. The Balaban J connectivity index is 2.57. The van der Waals surface area contributed by atoms with E-state index in [0.717, 1.165) is 6.07 Å². The van der Waals surface area contributed by atoms with Gasteiger partial charge in [0.2, 0.25) is 0 Å². The summed E-state index contributed by atoms with van der Waals surface area (Å²) in [5, 5.41) is 22.5. The number of aliphatic hydroxyl groups excluding tert-OH is 2. The third-order valence-electron chi connectivity index (χ3n) is 3.18. The van der Waals surface area contributed by atoms with Crippen molar-refractivity contribution in [1.29, 1.82) is 0 Å². The lowest BCUT2D eigenvalue weighted by atomic mass is 9.99. The van der Waals surface area contributed by atoms with E-state index < -0.39 is 29.7 Å². The van der Waals surface area contributed by atoms with Crippen LogP contribution in [0.25, 0.3) is 0 Å². The van der Waals surface area contributed by atoms with Crippen LogP contribution >= 0.6 is 0 Å². The lowest BCUT2D eigenvalue weighted by Crippen LogP contribution is -2.34. The highest BCUT2D eigenvalue weighted by atomic mass is 19.1. The molecule has 5 N–H and O–H groups in total. The van der Waals surface area contributed by atoms with Crippen molar-refractivity contribution in [3.63, 3.8) is 0 Å². The number of anilines is 1. The number of alkyl carbamates (subject to hydrolysis) is 1. The summed E-state index contributed by atoms with van der Waals surface area (Å²) in [6.45, 7) is 6.97. The molecule has 2 unspecified atom stereocenters. The minimum atomic E-state index is -1.41. The second kappa shape index (κ2) is 7.61. The van der Waals surface area contributed by atoms with Gasteiger partial charge in [-0.3, -0.25) is 0 Å². The highest BCUT2D eigenvalue weighted by Crippen LogP contribution is 2.25. The van der Waals surface area contributed by atoms with E-state index in [1.807, 2.05) is 0 Å². The molecular formula is C16H25FN2O4. The van der Waals surface area contributed by atoms with Crippen molar-refractivity contribution in [3.05, 3.63) is 29.1 Å². The monoisotopic (exact) mass is 328 g/mol. The first-order valence-electron chi connectivity index (χ1n) is 7.39. The first kappa shape index (κ1) is 19.2. The Morgan fingerprint density at radius 2 is 2.00 bits per heavy atom. The van der Waals surface area contributed by atoms with Gasteiger partial charge in [-0.15, -0.1) is 0 Å². The lowest BCUT2D eigenvalue weighted by Gasteiger charge is -2.21. The molecule has 0 aliphatic carbocycles. The zero-order chi connectivity index (χ0) is 17.8. The van der Waals surface area contributed by atoms with Crippen LogP contribution in [0.15, 0.2) is 12.1 Å². The number of aliphatic hydroxyl groups is 2. The molecule has 0 bridgehead atoms. The topological polar surface area (TPSA) is 105 Å². The predicted molar refractivity (Wildman–Crippen MR) is 85.4 cm³/mol. The molecule has 0 saturated heterocycles. The first-order chi connectivity index (χ1) is 10.5. The molecule has 0 saturated carbocycles. The summed E-state index contributed by atoms with van der Waals surface area (Å²) in [4.78, 5) is 11.5. The van der Waals surface area contributed by atoms with Crippen molar-refractivity contribution >= 4 is 11.8 Å². The van der Waals surface area contributed by atoms with E-state index in [1.165, 1.54) is 6.07 Å². The Labute approximate surface area is 135 Å². The van der Waals surface area contributed by atoms with Gasteiger partial charge in [0.25, 0.3) is 0 Å². The van der Waals surface area contributed by atoms with Crippen molar-refractivity contribution in [1.82, 2.24) is 5.32 Å². The molecule has 0 aliphatic rings. The second-order valence-electron chi connectivity index (χ2n) is 6.46. The standard InChI is InChI=1S/C16H25FN2O4/c1-9-7-10(11(17)8-12(9)18)14(21)13(20)5-6-19-15(22)23-16(2,3)4/h7-8,13-14,20-21H,5-6,18H2,1-4H3,(H,19,22). The van der Waals surface area contributed by atoms with Crippen LogP contribution in [0, 0.1) is 12.7 Å². The minimum Gasteiger partial charge on any atom is -0.444 e. The molecule has 0 radical (unpaired) electrons. The Morgan fingerprint density at radius 3 is 2.57 bits per heavy atom. The summed E-state index contributed by atoms with van der Waals surface area (Å²) in [6, 6.07) is 2.51. The summed E-state index contributed by atoms with van der Waals surface area (Å²) in [7, 11) is 0. The van der Waals surface area contributed by atoms with E-state index in [-0.39, 0.29) is 24.2 Å². The Hall–Kier alpha value is -1.86. The third-order valence-corrected chi connectivity index (χ3v) is 3.18. The predicted octanol–water partition coefficient (Wildman–Crippen LogP) is 2.03. The van der Waals surface area contributed by atoms with Gasteiger partial charge in [0.05, 0.1) is 6.10 Å². The number of carbonyl (C=O) groups excluding carboxylic acids is 1. The number of carbonyl (C=O) groups is 1. The van der Waals surface area contributed by atoms with Crippen LogP contribution in [0.5, 0.6) is 0 Å². The highest BCUT2D eigenvalue weighted by molar-refractivity contribution is 5.67. The van der Waals surface area contributed by atoms with Gasteiger partial charge in [0.15, 0.2) is 0 Å². The molecule has 0 aromatic heterocycles. The molecule has 130 valence electrons. The smallest absolute Gasteiger partial charge is 0.407 e. The number of nitrogen functional groups attached to an aromatic ring is 1. The van der Waals surface area contributed by atoms with Gasteiger partial charge >= 0.3 is 6.09 Å². The summed E-state index contributed by atoms with van der Waals surface area (Å²) in [5.74, 6) is -0.681. The van der Waals surface area contributed by atoms with E-state index in [0.29, 0.717) is 5.56 Å². The van der Waals surface area contributed by atoms with Crippen LogP contribution < -0.4 is 11.1 Å². The molecule has 1 aromatic carbocycles. The number of hydrogen-bond donors (Lipinski definition) is 4. The van der Waals surface area contributed by atoms with E-state index >= 15 is 0 Å². The minimum absolute atomic E-state index is 0.0264. The van der Waals surface area contributed by atoms with E-state index in [1.54, 1.807) is 27.7 Å². The van der Waals surface area contributed by atoms with E-state index in [9.17, 15) is 19.4 Å². The fraction of sp³-hybridized carbons (Fsp3) is 0.562. The maximum Gasteiger partial charge on any atom is 0.407 e. The van der Waals surface area contributed by atoms with Crippen molar-refractivity contribution < 1.29 is 24.1 Å². The molecular weight excluding hydrogens is 303 g/mol. The number of rotatable bonds is 5. The number of nitrogens with two attached hydrogens (primary N) is 1. The van der Waals surface area contributed by atoms with Crippen molar-refractivity contribution in [2.45, 2.75) is 51.9 Å². The summed E-state index contributed by atoms with van der Waals surface area (Å²) < 4.78 is 18.9. The van der Waals surface area contributed by atoms with Gasteiger partial charge in [0.1, 0.15) is 17.5 Å². The van der Waals surface area contributed by atoms with Crippen LogP contribution in [-0.4, -0.2) is 34.6 Å². The maximum absolute atomic E-state index is 13.8. The number of nitrogens with one attached hydrogen (secondary N) is 1. The van der Waals surface area contributed by atoms with Gasteiger partial charge in [0, 0.05) is 17.8 Å². The van der Waals surface area contributed by atoms with Crippen LogP contribution in [0.4, 0.5) is 14.9 Å². The van der Waals surface area contributed by atoms with Crippen LogP contribution in [0.3, 0.4) is 0 Å². The van der Waals surface area contributed by atoms with Crippen LogP contribution in [-0.2, 0) is 4.74 Å². The highest BCUT2D eigenvalue weighted by Gasteiger charge is 2.23. The van der Waals surface area contributed by atoms with Crippen molar-refractivity contribution in [2.24, 2.45) is 0 Å². The number of halogens is 1. The van der Waals surface area contributed by atoms with Crippen molar-refractivity contribution in [2.75, 3.05) is 12.3 Å². The molecule has 7 heteroatoms. The molecule has 23 heavy (non-hydrogen) atoms. The van der Waals surface area contributed by atoms with Gasteiger partial charge in [-0.1, -0.05) is 0 Å². The molecule has 1 amide bonds. The number of ether oxygens (including phenoxy) is 1. The van der Waals surface area contributed by atoms with Gasteiger partial charge in [-0.05, 0) is 51.8 Å². The van der Waals surface area contributed by atoms with Crippen LogP contribution in [0.2, 0.25) is 0 Å². The average Bonchev–Trinajstić information content (AvgIpc) is 2.40.